The van der Waals surface area contributed by atoms with Crippen LogP contribution < -0.4 is 4.74 Å². The van der Waals surface area contributed by atoms with Crippen molar-refractivity contribution in [3.8, 4) is 11.5 Å². The van der Waals surface area contributed by atoms with Crippen LogP contribution in [0.4, 0.5) is 0 Å². The Bertz CT molecular complexity index is 1340. The average Bonchev–Trinajstić information content (AvgIpc) is 3.25. The third-order valence-electron chi connectivity index (χ3n) is 8.72. The van der Waals surface area contributed by atoms with Gasteiger partial charge < -0.3 is 9.84 Å². The number of phenols is 1. The lowest BCUT2D eigenvalue weighted by Crippen LogP contribution is -2.47. The van der Waals surface area contributed by atoms with Gasteiger partial charge in [0.05, 0.1) is 35.3 Å². The third kappa shape index (κ3) is 4.03. The summed E-state index contributed by atoms with van der Waals surface area (Å²) in [7, 11) is 1.45. The van der Waals surface area contributed by atoms with Crippen molar-refractivity contribution in [2.75, 3.05) is 7.11 Å². The number of nitrogens with zero attached hydrogens (tertiary/aromatic N) is 2. The van der Waals surface area contributed by atoms with Gasteiger partial charge in [-0.1, -0.05) is 11.6 Å². The molecule has 0 aromatic heterocycles. The monoisotopic (exact) mass is 664 g/mol. The summed E-state index contributed by atoms with van der Waals surface area (Å²) in [6.45, 7) is 11.1. The molecular formula is C29H34Br2N2O6. The molecule has 3 fully saturated rings. The minimum atomic E-state index is -0.717. The minimum absolute atomic E-state index is 0.0859. The van der Waals surface area contributed by atoms with Gasteiger partial charge in [0.15, 0.2) is 11.5 Å². The van der Waals surface area contributed by atoms with Crippen molar-refractivity contribution in [3.63, 3.8) is 0 Å². The van der Waals surface area contributed by atoms with Crippen LogP contribution in [0.25, 0.3) is 0 Å². The molecule has 2 heterocycles. The first-order valence-electron chi connectivity index (χ1n) is 13.2. The molecule has 1 N–H and O–H groups in total. The number of hydrogen-bond donors (Lipinski definition) is 1. The predicted molar refractivity (Wildman–Crippen MR) is 151 cm³/mol. The number of methoxy groups -OCH3 is 1. The standard InChI is InChI=1S/C29H34Br2N2O6/c1-28(2,3)32-24(35)13-9-8-12-14(19(13)26(32)37)10-16-20(27(38)33(25(16)36)29(4,5)6)18(12)15-11-17(39-7)23(34)22(31)21(15)30/h8,11,13-14,16,18-20,34H,9-10H2,1-7H3. The Balaban J connectivity index is 1.72. The van der Waals surface area contributed by atoms with Gasteiger partial charge in [0, 0.05) is 21.5 Å². The number of benzene rings is 1. The van der Waals surface area contributed by atoms with Gasteiger partial charge in [0.2, 0.25) is 23.6 Å². The lowest BCUT2D eigenvalue weighted by atomic mass is 9.57. The first-order valence-corrected chi connectivity index (χ1v) is 14.8. The van der Waals surface area contributed by atoms with E-state index in [0.717, 1.165) is 5.57 Å². The quantitative estimate of drug-likeness (QED) is 0.346. The Kier molecular flexibility index (Phi) is 6.65. The summed E-state index contributed by atoms with van der Waals surface area (Å²) in [4.78, 5) is 58.0. The number of phenolic OH excluding ortho intramolecular Hbond substituents is 1. The summed E-state index contributed by atoms with van der Waals surface area (Å²) in [6.07, 6.45) is 2.73. The minimum Gasteiger partial charge on any atom is -0.503 e. The fourth-order valence-corrected chi connectivity index (χ4v) is 8.23. The molecule has 1 aromatic carbocycles. The molecule has 4 amide bonds. The number of amides is 4. The summed E-state index contributed by atoms with van der Waals surface area (Å²) < 4.78 is 6.37. The zero-order valence-corrected chi connectivity index (χ0v) is 26.3. The SMILES string of the molecule is COc1cc(C2C3=CCC4C(=O)N(C(C)(C)C)C(=O)C4C3CC3C(=O)N(C(C)(C)C)C(=O)C32)c(Br)c(Br)c1O. The lowest BCUT2D eigenvalue weighted by Gasteiger charge is -2.44. The molecule has 6 unspecified atom stereocenters. The van der Waals surface area contributed by atoms with Gasteiger partial charge in [-0.2, -0.15) is 0 Å². The molecule has 0 radical (unpaired) electrons. The Labute approximate surface area is 245 Å². The van der Waals surface area contributed by atoms with Gasteiger partial charge in [-0.05, 0) is 104 Å². The summed E-state index contributed by atoms with van der Waals surface area (Å²) in [5.41, 5.74) is 0.196. The Hall–Kier alpha value is -2.20. The molecule has 2 saturated heterocycles. The summed E-state index contributed by atoms with van der Waals surface area (Å²) in [6, 6.07) is 1.70. The lowest BCUT2D eigenvalue weighted by molar-refractivity contribution is -0.147. The van der Waals surface area contributed by atoms with E-state index in [1.165, 1.54) is 16.9 Å². The maximum absolute atomic E-state index is 14.0. The zero-order chi connectivity index (χ0) is 28.9. The van der Waals surface area contributed by atoms with E-state index in [4.69, 9.17) is 4.74 Å². The molecule has 6 atom stereocenters. The van der Waals surface area contributed by atoms with Crippen molar-refractivity contribution in [3.05, 3.63) is 32.2 Å². The highest BCUT2D eigenvalue weighted by molar-refractivity contribution is 9.13. The molecule has 2 aliphatic heterocycles. The van der Waals surface area contributed by atoms with Crippen LogP contribution in [-0.4, -0.2) is 56.7 Å². The highest BCUT2D eigenvalue weighted by Gasteiger charge is 2.63. The Morgan fingerprint density at radius 1 is 0.821 bits per heavy atom. The highest BCUT2D eigenvalue weighted by Crippen LogP contribution is 2.60. The van der Waals surface area contributed by atoms with Gasteiger partial charge in [-0.25, -0.2) is 0 Å². The fraction of sp³-hybridized carbons (Fsp3) is 0.586. The third-order valence-corrected chi connectivity index (χ3v) is 10.9. The van der Waals surface area contributed by atoms with Crippen molar-refractivity contribution in [2.45, 2.75) is 71.4 Å². The molecule has 39 heavy (non-hydrogen) atoms. The van der Waals surface area contributed by atoms with Gasteiger partial charge >= 0.3 is 0 Å². The smallest absolute Gasteiger partial charge is 0.234 e. The number of halogens is 2. The highest BCUT2D eigenvalue weighted by atomic mass is 79.9. The molecule has 1 saturated carbocycles. The van der Waals surface area contributed by atoms with Crippen molar-refractivity contribution < 1.29 is 29.0 Å². The number of carbonyl (C=O) groups is 4. The normalized spacial score (nSPS) is 30.8. The summed E-state index contributed by atoms with van der Waals surface area (Å²) in [5, 5.41) is 10.6. The number of aromatic hydroxyl groups is 1. The maximum Gasteiger partial charge on any atom is 0.234 e. The second kappa shape index (κ2) is 9.16. The molecule has 5 rings (SSSR count). The van der Waals surface area contributed by atoms with E-state index in [-0.39, 0.29) is 41.0 Å². The number of carbonyl (C=O) groups excluding carboxylic acids is 4. The summed E-state index contributed by atoms with van der Waals surface area (Å²) in [5.74, 6) is -4.06. The van der Waals surface area contributed by atoms with Crippen LogP contribution >= 0.6 is 31.9 Å². The van der Waals surface area contributed by atoms with Crippen molar-refractivity contribution >= 4 is 55.5 Å². The zero-order valence-electron chi connectivity index (χ0n) is 23.2. The molecule has 0 bridgehead atoms. The van der Waals surface area contributed by atoms with E-state index in [0.29, 0.717) is 27.4 Å². The van der Waals surface area contributed by atoms with E-state index >= 15 is 0 Å². The van der Waals surface area contributed by atoms with Crippen molar-refractivity contribution in [1.82, 2.24) is 9.80 Å². The van der Waals surface area contributed by atoms with Gasteiger partial charge in [0.1, 0.15) is 0 Å². The van der Waals surface area contributed by atoms with E-state index in [1.807, 2.05) is 47.6 Å². The maximum atomic E-state index is 14.0. The number of hydrogen-bond acceptors (Lipinski definition) is 6. The largest absolute Gasteiger partial charge is 0.503 e. The molecule has 210 valence electrons. The number of fused-ring (bicyclic) bond motifs is 4. The van der Waals surface area contributed by atoms with Crippen LogP contribution in [0.1, 0.15) is 65.9 Å². The van der Waals surface area contributed by atoms with E-state index in [9.17, 15) is 24.3 Å². The molecule has 1 aromatic rings. The fourth-order valence-electron chi connectivity index (χ4n) is 7.25. The number of allylic oxidation sites excluding steroid dienone is 2. The number of likely N-dealkylation sites (tertiary alicyclic amines) is 2. The second-order valence-corrected chi connectivity index (χ2v) is 14.6. The molecule has 4 aliphatic rings. The Morgan fingerprint density at radius 2 is 1.36 bits per heavy atom. The van der Waals surface area contributed by atoms with Gasteiger partial charge in [-0.15, -0.1) is 0 Å². The molecule has 2 aliphatic carbocycles. The first-order chi connectivity index (χ1) is 18.0. The number of ether oxygens (including phenoxy) is 1. The molecule has 0 spiro atoms. The second-order valence-electron chi connectivity index (χ2n) is 13.0. The van der Waals surface area contributed by atoms with Crippen LogP contribution in [0.2, 0.25) is 0 Å². The topological polar surface area (TPSA) is 104 Å². The van der Waals surface area contributed by atoms with Crippen LogP contribution in [-0.2, 0) is 19.2 Å². The first kappa shape index (κ1) is 28.3. The van der Waals surface area contributed by atoms with Crippen LogP contribution in [0.3, 0.4) is 0 Å². The summed E-state index contributed by atoms with van der Waals surface area (Å²) >= 11 is 7.07. The number of imide groups is 2. The van der Waals surface area contributed by atoms with E-state index < -0.39 is 40.7 Å². The molecule has 10 heteroatoms. The predicted octanol–water partition coefficient (Wildman–Crippen LogP) is 5.16. The van der Waals surface area contributed by atoms with Gasteiger partial charge in [-0.3, -0.25) is 29.0 Å². The Morgan fingerprint density at radius 3 is 1.90 bits per heavy atom. The van der Waals surface area contributed by atoms with Crippen LogP contribution in [0, 0.1) is 29.6 Å². The number of rotatable bonds is 2. The molecule has 8 nitrogen and oxygen atoms in total. The van der Waals surface area contributed by atoms with Crippen molar-refractivity contribution in [2.24, 2.45) is 29.6 Å². The molecular weight excluding hydrogens is 632 g/mol. The van der Waals surface area contributed by atoms with Crippen LogP contribution in [0.5, 0.6) is 11.5 Å². The van der Waals surface area contributed by atoms with Crippen molar-refractivity contribution in [1.29, 1.82) is 0 Å². The average molecular weight is 666 g/mol. The van der Waals surface area contributed by atoms with Crippen LogP contribution in [0.15, 0.2) is 26.7 Å². The van der Waals surface area contributed by atoms with E-state index in [2.05, 4.69) is 31.9 Å². The van der Waals surface area contributed by atoms with E-state index in [1.54, 1.807) is 6.07 Å². The van der Waals surface area contributed by atoms with Gasteiger partial charge in [0.25, 0.3) is 0 Å².